The van der Waals surface area contributed by atoms with Gasteiger partial charge in [0.1, 0.15) is 0 Å². The molecule has 0 amide bonds. The van der Waals surface area contributed by atoms with Gasteiger partial charge in [0, 0.05) is 5.92 Å². The molecule has 0 saturated carbocycles. The number of rotatable bonds is 2. The van der Waals surface area contributed by atoms with Crippen LogP contribution < -0.4 is 0 Å². The maximum atomic E-state index is 10.6. The molecular weight excluding hydrogens is 216 g/mol. The third-order valence-corrected chi connectivity index (χ3v) is 3.54. The molecule has 0 bridgehead atoms. The molecule has 1 aliphatic heterocycles. The van der Waals surface area contributed by atoms with Gasteiger partial charge in [-0.15, -0.1) is 0 Å². The molecule has 2 rings (SSSR count). The smallest absolute Gasteiger partial charge is 0.377 e. The van der Waals surface area contributed by atoms with Crippen molar-refractivity contribution < 1.29 is 14.4 Å². The van der Waals surface area contributed by atoms with Crippen molar-refractivity contribution in [2.45, 2.75) is 25.2 Å². The number of hydrogen-bond donors (Lipinski definition) is 1. The highest BCUT2D eigenvalue weighted by Gasteiger charge is 2.22. The number of aromatic nitrogens is 2. The predicted molar refractivity (Wildman–Crippen MR) is 55.2 cm³/mol. The number of carboxylic acid groups (broad SMARTS) is 1. The summed E-state index contributed by atoms with van der Waals surface area (Å²) >= 11 is 1.92. The summed E-state index contributed by atoms with van der Waals surface area (Å²) in [6, 6.07) is 0. The minimum absolute atomic E-state index is 0.234. The van der Waals surface area contributed by atoms with Crippen molar-refractivity contribution >= 4 is 17.7 Å². The summed E-state index contributed by atoms with van der Waals surface area (Å²) in [6.45, 7) is 0. The lowest BCUT2D eigenvalue weighted by atomic mass is 10.0. The third kappa shape index (κ3) is 2.50. The summed E-state index contributed by atoms with van der Waals surface area (Å²) in [5, 5.41) is 12.1. The van der Waals surface area contributed by atoms with Crippen LogP contribution in [0.3, 0.4) is 0 Å². The van der Waals surface area contributed by atoms with Gasteiger partial charge in [0.05, 0.1) is 0 Å². The highest BCUT2D eigenvalue weighted by molar-refractivity contribution is 7.99. The number of hydrogen-bond acceptors (Lipinski definition) is 5. The molecule has 0 aliphatic carbocycles. The molecule has 1 aliphatic rings. The van der Waals surface area contributed by atoms with E-state index in [1.807, 2.05) is 11.8 Å². The quantitative estimate of drug-likeness (QED) is 0.831. The van der Waals surface area contributed by atoms with E-state index in [0.29, 0.717) is 5.89 Å². The van der Waals surface area contributed by atoms with Crippen LogP contribution in [0.5, 0.6) is 0 Å². The van der Waals surface area contributed by atoms with Crippen molar-refractivity contribution in [3.63, 3.8) is 0 Å². The molecule has 82 valence electrons. The Hall–Kier alpha value is -1.04. The van der Waals surface area contributed by atoms with Crippen molar-refractivity contribution in [3.05, 3.63) is 11.7 Å². The molecule has 0 aromatic carbocycles. The van der Waals surface area contributed by atoms with Crippen LogP contribution in [0.15, 0.2) is 4.52 Å². The van der Waals surface area contributed by atoms with Crippen LogP contribution >= 0.6 is 11.8 Å². The number of carboxylic acids is 1. The lowest BCUT2D eigenvalue weighted by molar-refractivity contribution is 0.0680. The van der Waals surface area contributed by atoms with Crippen molar-refractivity contribution in [2.24, 2.45) is 0 Å². The number of nitrogens with zero attached hydrogens (tertiary/aromatic N) is 2. The molecule has 2 heterocycles. The Kier molecular flexibility index (Phi) is 3.25. The molecule has 1 aromatic rings. The molecule has 1 fully saturated rings. The van der Waals surface area contributed by atoms with Crippen molar-refractivity contribution in [1.82, 2.24) is 10.1 Å². The first-order chi connectivity index (χ1) is 7.27. The van der Waals surface area contributed by atoms with E-state index >= 15 is 0 Å². The standard InChI is InChI=1S/C9H12N2O3S/c12-9(13)7-10-8(14-11-7)6-2-1-4-15-5-3-6/h6H,1-5H2,(H,12,13). The second-order valence-corrected chi connectivity index (χ2v) is 4.73. The van der Waals surface area contributed by atoms with E-state index in [2.05, 4.69) is 10.1 Å². The minimum Gasteiger partial charge on any atom is -0.475 e. The minimum atomic E-state index is -1.13. The van der Waals surface area contributed by atoms with E-state index in [1.165, 1.54) is 0 Å². The van der Waals surface area contributed by atoms with Crippen LogP contribution in [-0.2, 0) is 0 Å². The van der Waals surface area contributed by atoms with E-state index in [0.717, 1.165) is 30.8 Å². The van der Waals surface area contributed by atoms with Crippen LogP contribution in [0, 0.1) is 0 Å². The van der Waals surface area contributed by atoms with E-state index in [1.54, 1.807) is 0 Å². The predicted octanol–water partition coefficient (Wildman–Crippen LogP) is 1.77. The summed E-state index contributed by atoms with van der Waals surface area (Å²) in [5.41, 5.74) is 0. The Morgan fingerprint density at radius 1 is 1.47 bits per heavy atom. The first-order valence-corrected chi connectivity index (χ1v) is 6.07. The lowest BCUT2D eigenvalue weighted by Gasteiger charge is -2.06. The average Bonchev–Trinajstić information content (AvgIpc) is 2.55. The van der Waals surface area contributed by atoms with Gasteiger partial charge in [0.25, 0.3) is 5.82 Å². The zero-order chi connectivity index (χ0) is 10.7. The van der Waals surface area contributed by atoms with Gasteiger partial charge in [-0.25, -0.2) is 4.79 Å². The van der Waals surface area contributed by atoms with Crippen LogP contribution in [0.25, 0.3) is 0 Å². The molecule has 0 spiro atoms. The molecule has 1 saturated heterocycles. The van der Waals surface area contributed by atoms with Gasteiger partial charge in [0.15, 0.2) is 0 Å². The van der Waals surface area contributed by atoms with Gasteiger partial charge in [-0.1, -0.05) is 0 Å². The van der Waals surface area contributed by atoms with Gasteiger partial charge >= 0.3 is 5.97 Å². The van der Waals surface area contributed by atoms with Crippen LogP contribution in [0.2, 0.25) is 0 Å². The second-order valence-electron chi connectivity index (χ2n) is 3.50. The van der Waals surface area contributed by atoms with Crippen molar-refractivity contribution in [1.29, 1.82) is 0 Å². The number of thioether (sulfide) groups is 1. The molecule has 1 unspecified atom stereocenters. The molecule has 1 atom stereocenters. The van der Waals surface area contributed by atoms with Crippen molar-refractivity contribution in [2.75, 3.05) is 11.5 Å². The Labute approximate surface area is 91.2 Å². The van der Waals surface area contributed by atoms with Gasteiger partial charge in [-0.2, -0.15) is 16.7 Å². The third-order valence-electron chi connectivity index (χ3n) is 2.43. The highest BCUT2D eigenvalue weighted by atomic mass is 32.2. The van der Waals surface area contributed by atoms with Gasteiger partial charge in [0.2, 0.25) is 5.89 Å². The molecule has 5 nitrogen and oxygen atoms in total. The fourth-order valence-electron chi connectivity index (χ4n) is 1.64. The van der Waals surface area contributed by atoms with Crippen LogP contribution in [0.1, 0.15) is 41.7 Å². The van der Waals surface area contributed by atoms with E-state index in [-0.39, 0.29) is 11.7 Å². The van der Waals surface area contributed by atoms with E-state index in [4.69, 9.17) is 9.63 Å². The van der Waals surface area contributed by atoms with Gasteiger partial charge < -0.3 is 9.63 Å². The van der Waals surface area contributed by atoms with Gasteiger partial charge in [-0.3, -0.25) is 0 Å². The molecule has 15 heavy (non-hydrogen) atoms. The zero-order valence-electron chi connectivity index (χ0n) is 8.18. The van der Waals surface area contributed by atoms with Crippen molar-refractivity contribution in [3.8, 4) is 0 Å². The van der Waals surface area contributed by atoms with E-state index in [9.17, 15) is 4.79 Å². The Bertz CT molecular complexity index is 345. The normalized spacial score (nSPS) is 22.3. The molecular formula is C9H12N2O3S. The second kappa shape index (κ2) is 4.65. The summed E-state index contributed by atoms with van der Waals surface area (Å²) in [5.74, 6) is 1.59. The molecule has 1 aromatic heterocycles. The largest absolute Gasteiger partial charge is 0.475 e. The fourth-order valence-corrected chi connectivity index (χ4v) is 2.66. The van der Waals surface area contributed by atoms with Crippen LogP contribution in [0.4, 0.5) is 0 Å². The average molecular weight is 228 g/mol. The number of aromatic carboxylic acids is 1. The van der Waals surface area contributed by atoms with Crippen LogP contribution in [-0.4, -0.2) is 32.7 Å². The Morgan fingerprint density at radius 3 is 3.07 bits per heavy atom. The Morgan fingerprint density at radius 2 is 2.33 bits per heavy atom. The first kappa shape index (κ1) is 10.5. The summed E-state index contributed by atoms with van der Waals surface area (Å²) in [6.07, 6.45) is 3.13. The monoisotopic (exact) mass is 228 g/mol. The highest BCUT2D eigenvalue weighted by Crippen LogP contribution is 2.29. The maximum absolute atomic E-state index is 10.6. The maximum Gasteiger partial charge on any atom is 0.377 e. The number of carbonyl (C=O) groups is 1. The summed E-state index contributed by atoms with van der Waals surface area (Å²) in [4.78, 5) is 14.5. The summed E-state index contributed by atoms with van der Waals surface area (Å²) < 4.78 is 4.97. The SMILES string of the molecule is O=C(O)c1noc(C2CCCSCC2)n1. The van der Waals surface area contributed by atoms with E-state index < -0.39 is 5.97 Å². The lowest BCUT2D eigenvalue weighted by Crippen LogP contribution is -2.02. The fraction of sp³-hybridized carbons (Fsp3) is 0.667. The topological polar surface area (TPSA) is 76.2 Å². The molecule has 6 heteroatoms. The van der Waals surface area contributed by atoms with Gasteiger partial charge in [-0.05, 0) is 35.9 Å². The molecule has 1 N–H and O–H groups in total. The Balaban J connectivity index is 2.10. The molecule has 0 radical (unpaired) electrons. The zero-order valence-corrected chi connectivity index (χ0v) is 9.00. The first-order valence-electron chi connectivity index (χ1n) is 4.92. The summed E-state index contributed by atoms with van der Waals surface area (Å²) in [7, 11) is 0.